The van der Waals surface area contributed by atoms with Crippen molar-refractivity contribution in [3.8, 4) is 0 Å². The monoisotopic (exact) mass is 224 g/mol. The summed E-state index contributed by atoms with van der Waals surface area (Å²) in [4.78, 5) is 0. The van der Waals surface area contributed by atoms with Crippen molar-refractivity contribution in [3.05, 3.63) is 11.8 Å². The van der Waals surface area contributed by atoms with E-state index in [0.717, 1.165) is 19.4 Å². The number of rotatable bonds is 4. The Balaban J connectivity index is 2.16. The molecule has 3 N–H and O–H groups in total. The third-order valence-electron chi connectivity index (χ3n) is 4.42. The van der Waals surface area contributed by atoms with Crippen LogP contribution in [0.1, 0.15) is 51.9 Å². The number of nitrogens with one attached hydrogen (secondary N) is 1. The third-order valence-corrected chi connectivity index (χ3v) is 4.42. The molecule has 1 atom stereocenters. The minimum Gasteiger partial charge on any atom is -0.501 e. The molecule has 3 nitrogen and oxygen atoms in total. The zero-order valence-corrected chi connectivity index (χ0v) is 10.3. The molecular weight excluding hydrogens is 200 g/mol. The molecule has 92 valence electrons. The normalized spacial score (nSPS) is 26.0. The number of ether oxygens (including phenoxy) is 1. The average Bonchev–Trinajstić information content (AvgIpc) is 2.81. The quantitative estimate of drug-likeness (QED) is 0.569. The largest absolute Gasteiger partial charge is 0.501 e. The maximum absolute atomic E-state index is 5.80. The lowest BCUT2D eigenvalue weighted by atomic mass is 9.73. The van der Waals surface area contributed by atoms with Crippen LogP contribution in [0, 0.1) is 5.41 Å². The molecule has 3 heteroatoms. The van der Waals surface area contributed by atoms with Crippen molar-refractivity contribution in [1.29, 1.82) is 0 Å². The predicted molar refractivity (Wildman–Crippen MR) is 65.6 cm³/mol. The van der Waals surface area contributed by atoms with E-state index in [0.29, 0.717) is 11.5 Å². The Bertz CT molecular complexity index is 257. The van der Waals surface area contributed by atoms with Crippen LogP contribution in [0.4, 0.5) is 0 Å². The fourth-order valence-corrected chi connectivity index (χ4v) is 3.40. The Labute approximate surface area is 98.4 Å². The van der Waals surface area contributed by atoms with Gasteiger partial charge in [-0.3, -0.25) is 11.3 Å². The van der Waals surface area contributed by atoms with Gasteiger partial charge in [0.2, 0.25) is 0 Å². The standard InChI is InChI=1S/C13H24N2O/c1-2-13(7-3-4-8-13)12(15-14)11-6-5-9-16-10-11/h10,12,15H,2-9,14H2,1H3. The fourth-order valence-electron chi connectivity index (χ4n) is 3.40. The lowest BCUT2D eigenvalue weighted by Gasteiger charge is -2.38. The highest BCUT2D eigenvalue weighted by atomic mass is 16.5. The molecule has 0 spiro atoms. The van der Waals surface area contributed by atoms with Gasteiger partial charge in [0.25, 0.3) is 0 Å². The van der Waals surface area contributed by atoms with E-state index in [1.807, 2.05) is 6.26 Å². The topological polar surface area (TPSA) is 47.3 Å². The molecule has 0 radical (unpaired) electrons. The summed E-state index contributed by atoms with van der Waals surface area (Å²) in [5.74, 6) is 5.80. The summed E-state index contributed by atoms with van der Waals surface area (Å²) in [7, 11) is 0. The van der Waals surface area contributed by atoms with Gasteiger partial charge in [-0.25, -0.2) is 0 Å². The minimum absolute atomic E-state index is 0.320. The van der Waals surface area contributed by atoms with Crippen LogP contribution in [0.3, 0.4) is 0 Å². The molecule has 2 rings (SSSR count). The molecule has 1 saturated carbocycles. The smallest absolute Gasteiger partial charge is 0.0876 e. The second kappa shape index (κ2) is 5.19. The van der Waals surface area contributed by atoms with Crippen molar-refractivity contribution in [2.75, 3.05) is 6.61 Å². The van der Waals surface area contributed by atoms with Gasteiger partial charge in [0, 0.05) is 0 Å². The van der Waals surface area contributed by atoms with E-state index in [2.05, 4.69) is 12.3 Å². The molecule has 1 aliphatic heterocycles. The van der Waals surface area contributed by atoms with Crippen LogP contribution in [-0.4, -0.2) is 12.6 Å². The molecule has 16 heavy (non-hydrogen) atoms. The molecule has 1 heterocycles. The first-order valence-electron chi connectivity index (χ1n) is 6.59. The minimum atomic E-state index is 0.320. The van der Waals surface area contributed by atoms with Crippen molar-refractivity contribution < 1.29 is 4.74 Å². The van der Waals surface area contributed by atoms with Crippen LogP contribution in [0.25, 0.3) is 0 Å². The maximum atomic E-state index is 5.80. The Hall–Kier alpha value is -0.540. The van der Waals surface area contributed by atoms with E-state index in [-0.39, 0.29) is 0 Å². The van der Waals surface area contributed by atoms with E-state index < -0.39 is 0 Å². The number of nitrogens with two attached hydrogens (primary N) is 1. The highest BCUT2D eigenvalue weighted by molar-refractivity contribution is 5.16. The van der Waals surface area contributed by atoms with Gasteiger partial charge in [-0.1, -0.05) is 19.8 Å². The van der Waals surface area contributed by atoms with Gasteiger partial charge in [0.05, 0.1) is 18.9 Å². The summed E-state index contributed by atoms with van der Waals surface area (Å²) < 4.78 is 5.46. The molecule has 0 saturated heterocycles. The molecule has 1 unspecified atom stereocenters. The van der Waals surface area contributed by atoms with E-state index >= 15 is 0 Å². The van der Waals surface area contributed by atoms with Gasteiger partial charge < -0.3 is 4.74 Å². The van der Waals surface area contributed by atoms with Gasteiger partial charge in [-0.15, -0.1) is 0 Å². The van der Waals surface area contributed by atoms with Gasteiger partial charge in [-0.05, 0) is 43.1 Å². The van der Waals surface area contributed by atoms with Crippen LogP contribution in [0.5, 0.6) is 0 Å². The van der Waals surface area contributed by atoms with Crippen LogP contribution >= 0.6 is 0 Å². The molecule has 0 aromatic rings. The van der Waals surface area contributed by atoms with Crippen LogP contribution < -0.4 is 11.3 Å². The van der Waals surface area contributed by atoms with E-state index in [4.69, 9.17) is 10.6 Å². The summed E-state index contributed by atoms with van der Waals surface area (Å²) in [6, 6.07) is 0.320. The fraction of sp³-hybridized carbons (Fsp3) is 0.846. The van der Waals surface area contributed by atoms with Crippen molar-refractivity contribution in [3.63, 3.8) is 0 Å². The van der Waals surface area contributed by atoms with Gasteiger partial charge in [-0.2, -0.15) is 0 Å². The van der Waals surface area contributed by atoms with Crippen LogP contribution in [0.2, 0.25) is 0 Å². The summed E-state index contributed by atoms with van der Waals surface area (Å²) in [6.07, 6.45) is 10.7. The second-order valence-corrected chi connectivity index (χ2v) is 5.19. The lowest BCUT2D eigenvalue weighted by molar-refractivity contribution is 0.176. The zero-order valence-electron chi connectivity index (χ0n) is 10.3. The average molecular weight is 224 g/mol. The first kappa shape index (κ1) is 11.9. The van der Waals surface area contributed by atoms with Crippen molar-refractivity contribution >= 4 is 0 Å². The van der Waals surface area contributed by atoms with E-state index in [1.165, 1.54) is 37.7 Å². The first-order valence-corrected chi connectivity index (χ1v) is 6.59. The Kier molecular flexibility index (Phi) is 3.87. The van der Waals surface area contributed by atoms with Gasteiger partial charge in [0.1, 0.15) is 0 Å². The van der Waals surface area contributed by atoms with E-state index in [9.17, 15) is 0 Å². The van der Waals surface area contributed by atoms with Gasteiger partial charge >= 0.3 is 0 Å². The SMILES string of the molecule is CCC1(C(NN)C2=COCCC2)CCCC1. The summed E-state index contributed by atoms with van der Waals surface area (Å²) >= 11 is 0. The molecule has 1 fully saturated rings. The highest BCUT2D eigenvalue weighted by Crippen LogP contribution is 2.46. The number of hydrazine groups is 1. The summed E-state index contributed by atoms with van der Waals surface area (Å²) in [5, 5.41) is 0. The van der Waals surface area contributed by atoms with E-state index in [1.54, 1.807) is 0 Å². The molecule has 0 bridgehead atoms. The molecule has 0 aromatic heterocycles. The lowest BCUT2D eigenvalue weighted by Crippen LogP contribution is -2.48. The highest BCUT2D eigenvalue weighted by Gasteiger charge is 2.41. The van der Waals surface area contributed by atoms with Gasteiger partial charge in [0.15, 0.2) is 0 Å². The maximum Gasteiger partial charge on any atom is 0.0876 e. The summed E-state index contributed by atoms with van der Waals surface area (Å²) in [6.45, 7) is 3.15. The van der Waals surface area contributed by atoms with Crippen molar-refractivity contribution in [2.45, 2.75) is 57.9 Å². The number of hydrogen-bond acceptors (Lipinski definition) is 3. The Morgan fingerprint density at radius 2 is 2.19 bits per heavy atom. The second-order valence-electron chi connectivity index (χ2n) is 5.19. The zero-order chi connectivity index (χ0) is 11.4. The summed E-state index contributed by atoms with van der Waals surface area (Å²) in [5.41, 5.74) is 4.81. The van der Waals surface area contributed by atoms with Crippen LogP contribution in [-0.2, 0) is 4.74 Å². The third kappa shape index (κ3) is 2.11. The predicted octanol–water partition coefficient (Wildman–Crippen LogP) is 2.48. The Morgan fingerprint density at radius 3 is 2.69 bits per heavy atom. The molecule has 0 aromatic carbocycles. The van der Waals surface area contributed by atoms with Crippen LogP contribution in [0.15, 0.2) is 11.8 Å². The molecule has 1 aliphatic carbocycles. The van der Waals surface area contributed by atoms with Crippen molar-refractivity contribution in [2.24, 2.45) is 11.3 Å². The molecule has 0 amide bonds. The van der Waals surface area contributed by atoms with Crippen molar-refractivity contribution in [1.82, 2.24) is 5.43 Å². The molecular formula is C13H24N2O. The Morgan fingerprint density at radius 1 is 1.44 bits per heavy atom. The molecule has 2 aliphatic rings. The first-order chi connectivity index (χ1) is 7.82. The number of hydrogen-bond donors (Lipinski definition) is 2.